The van der Waals surface area contributed by atoms with E-state index in [9.17, 15) is 17.6 Å². The van der Waals surface area contributed by atoms with Crippen LogP contribution in [-0.4, -0.2) is 49.9 Å². The van der Waals surface area contributed by atoms with Gasteiger partial charge in [0.05, 0.1) is 13.2 Å². The van der Waals surface area contributed by atoms with E-state index in [0.29, 0.717) is 0 Å². The number of hydrogen-bond donors (Lipinski definition) is 2. The summed E-state index contributed by atoms with van der Waals surface area (Å²) in [5.41, 5.74) is 0. The molecule has 14 heavy (non-hydrogen) atoms. The van der Waals surface area contributed by atoms with Gasteiger partial charge in [-0.2, -0.15) is 8.78 Å². The van der Waals surface area contributed by atoms with Gasteiger partial charge >= 0.3 is 6.11 Å². The predicted molar refractivity (Wildman–Crippen MR) is 38.1 cm³/mol. The normalized spacial score (nSPS) is 10.7. The average Bonchev–Trinajstić information content (AvgIpc) is 2.05. The Balaban J connectivity index is 0. The lowest BCUT2D eigenvalue weighted by Crippen LogP contribution is -2.27. The molecule has 0 radical (unpaired) electrons. The van der Waals surface area contributed by atoms with Gasteiger partial charge in [0.15, 0.2) is 13.7 Å². The van der Waals surface area contributed by atoms with Crippen molar-refractivity contribution in [3.8, 4) is 0 Å². The zero-order valence-electron chi connectivity index (χ0n) is 7.26. The van der Waals surface area contributed by atoms with E-state index in [0.717, 1.165) is 0 Å². The maximum atomic E-state index is 12.1. The van der Waals surface area contributed by atoms with Crippen molar-refractivity contribution < 1.29 is 37.2 Å². The van der Waals surface area contributed by atoms with Crippen molar-refractivity contribution in [3.05, 3.63) is 0 Å². The Kier molecular flexibility index (Phi) is 12.2. The molecule has 0 aromatic heterocycles. The number of aliphatic hydroxyl groups excluding tert-OH is 2. The molecule has 0 saturated heterocycles. The Morgan fingerprint density at radius 1 is 1.14 bits per heavy atom. The fraction of sp³-hybridized carbons (Fsp3) is 1.00. The monoisotopic (exact) mass is 224 g/mol. The summed E-state index contributed by atoms with van der Waals surface area (Å²) in [4.78, 5) is 0. The van der Waals surface area contributed by atoms with Crippen LogP contribution in [0.25, 0.3) is 0 Å². The molecular formula is C6H12F4O4. The van der Waals surface area contributed by atoms with E-state index in [4.69, 9.17) is 10.2 Å². The first-order chi connectivity index (χ1) is 6.54. The minimum absolute atomic E-state index is 0.217. The van der Waals surface area contributed by atoms with Gasteiger partial charge < -0.3 is 14.9 Å². The number of halogens is 4. The average molecular weight is 224 g/mol. The molecule has 2 N–H and O–H groups in total. The Hall–Kier alpha value is -0.440. The van der Waals surface area contributed by atoms with Crippen LogP contribution in [0.3, 0.4) is 0 Å². The van der Waals surface area contributed by atoms with Crippen molar-refractivity contribution in [1.82, 2.24) is 0 Å². The summed E-state index contributed by atoms with van der Waals surface area (Å²) in [6.07, 6.45) is -3.61. The number of rotatable bonds is 6. The molecule has 8 heteroatoms. The van der Waals surface area contributed by atoms with Crippen LogP contribution in [0, 0.1) is 0 Å². The van der Waals surface area contributed by atoms with Crippen molar-refractivity contribution in [2.45, 2.75) is 6.11 Å². The first-order valence-corrected chi connectivity index (χ1v) is 3.47. The van der Waals surface area contributed by atoms with E-state index in [1.54, 1.807) is 0 Å². The highest BCUT2D eigenvalue weighted by molar-refractivity contribution is 4.47. The standard InChI is InChI=1S/C5H9F3O3.CH3FO/c6-4-11-5(7,8)3-10-2-1-9;2-1-3/h9H,1-4H2;3H,1H2. The molecule has 0 aliphatic rings. The summed E-state index contributed by atoms with van der Waals surface area (Å²) in [7, 11) is 0. The molecule has 0 aliphatic carbocycles. The molecule has 0 aromatic carbocycles. The molecule has 0 heterocycles. The van der Waals surface area contributed by atoms with Gasteiger partial charge in [-0.1, -0.05) is 0 Å². The van der Waals surface area contributed by atoms with Gasteiger partial charge in [0.25, 0.3) is 0 Å². The molecule has 0 bridgehead atoms. The first-order valence-electron chi connectivity index (χ1n) is 3.47. The van der Waals surface area contributed by atoms with Crippen molar-refractivity contribution in [2.75, 3.05) is 33.5 Å². The third-order valence-electron chi connectivity index (χ3n) is 0.771. The van der Waals surface area contributed by atoms with E-state index in [2.05, 4.69) is 9.47 Å². The highest BCUT2D eigenvalue weighted by Gasteiger charge is 2.30. The first kappa shape index (κ1) is 16.0. The van der Waals surface area contributed by atoms with Gasteiger partial charge in [0, 0.05) is 0 Å². The highest BCUT2D eigenvalue weighted by Crippen LogP contribution is 2.15. The minimum Gasteiger partial charge on any atom is -0.394 e. The zero-order valence-corrected chi connectivity index (χ0v) is 7.26. The lowest BCUT2D eigenvalue weighted by molar-refractivity contribution is -0.279. The van der Waals surface area contributed by atoms with Crippen LogP contribution in [0.5, 0.6) is 0 Å². The summed E-state index contributed by atoms with van der Waals surface area (Å²) >= 11 is 0. The molecule has 88 valence electrons. The van der Waals surface area contributed by atoms with Gasteiger partial charge in [-0.05, 0) is 0 Å². The quantitative estimate of drug-likeness (QED) is 0.507. The Morgan fingerprint density at radius 3 is 2.00 bits per heavy atom. The maximum Gasteiger partial charge on any atom is 0.381 e. The van der Waals surface area contributed by atoms with Gasteiger partial charge in [-0.15, -0.1) is 0 Å². The lowest BCUT2D eigenvalue weighted by Gasteiger charge is -2.13. The number of aliphatic hydroxyl groups is 2. The van der Waals surface area contributed by atoms with Gasteiger partial charge in [-0.25, -0.2) is 8.78 Å². The molecule has 0 rings (SSSR count). The van der Waals surface area contributed by atoms with Crippen LogP contribution in [0.15, 0.2) is 0 Å². The van der Waals surface area contributed by atoms with E-state index in [-0.39, 0.29) is 13.2 Å². The Labute approximate surface area is 78.0 Å². The zero-order chi connectivity index (χ0) is 11.4. The summed E-state index contributed by atoms with van der Waals surface area (Å²) in [5.74, 6) is 0. The topological polar surface area (TPSA) is 58.9 Å². The lowest BCUT2D eigenvalue weighted by atomic mass is 10.6. The van der Waals surface area contributed by atoms with E-state index < -0.39 is 26.4 Å². The van der Waals surface area contributed by atoms with Gasteiger partial charge in [0.1, 0.15) is 6.61 Å². The second kappa shape index (κ2) is 10.6. The largest absolute Gasteiger partial charge is 0.394 e. The smallest absolute Gasteiger partial charge is 0.381 e. The maximum absolute atomic E-state index is 12.1. The molecule has 0 atom stereocenters. The van der Waals surface area contributed by atoms with E-state index >= 15 is 0 Å². The van der Waals surface area contributed by atoms with Crippen LogP contribution >= 0.6 is 0 Å². The molecule has 0 amide bonds. The van der Waals surface area contributed by atoms with Crippen molar-refractivity contribution in [2.24, 2.45) is 0 Å². The Bertz CT molecular complexity index is 114. The molecule has 0 aromatic rings. The van der Waals surface area contributed by atoms with Crippen molar-refractivity contribution >= 4 is 0 Å². The molecule has 4 nitrogen and oxygen atoms in total. The molecule has 0 unspecified atom stereocenters. The summed E-state index contributed by atoms with van der Waals surface area (Å²) in [5, 5.41) is 15.0. The number of alkyl halides is 4. The SMILES string of the molecule is OCCOCC(F)(F)OCF.OCF. The number of hydrogen-bond acceptors (Lipinski definition) is 4. The van der Waals surface area contributed by atoms with Crippen LogP contribution in [0.4, 0.5) is 17.6 Å². The third-order valence-corrected chi connectivity index (χ3v) is 0.771. The summed E-state index contributed by atoms with van der Waals surface area (Å²) in [6, 6.07) is 0. The van der Waals surface area contributed by atoms with E-state index in [1.807, 2.05) is 0 Å². The molecule has 0 fully saturated rings. The fourth-order valence-corrected chi connectivity index (χ4v) is 0.377. The highest BCUT2D eigenvalue weighted by atomic mass is 19.3. The van der Waals surface area contributed by atoms with Crippen molar-refractivity contribution in [3.63, 3.8) is 0 Å². The van der Waals surface area contributed by atoms with Crippen LogP contribution < -0.4 is 0 Å². The third kappa shape index (κ3) is 14.1. The minimum atomic E-state index is -3.61. The Morgan fingerprint density at radius 2 is 1.64 bits per heavy atom. The van der Waals surface area contributed by atoms with Crippen LogP contribution in [0.2, 0.25) is 0 Å². The predicted octanol–water partition coefficient (Wildman–Crippen LogP) is 0.437. The summed E-state index contributed by atoms with van der Waals surface area (Å²) in [6.45, 7) is -4.43. The molecule has 0 aliphatic heterocycles. The fourth-order valence-electron chi connectivity index (χ4n) is 0.377. The molecular weight excluding hydrogens is 212 g/mol. The summed E-state index contributed by atoms with van der Waals surface area (Å²) < 4.78 is 52.8. The van der Waals surface area contributed by atoms with Gasteiger partial charge in [0.2, 0.25) is 0 Å². The molecule has 0 spiro atoms. The van der Waals surface area contributed by atoms with E-state index in [1.165, 1.54) is 0 Å². The van der Waals surface area contributed by atoms with Crippen LogP contribution in [0.1, 0.15) is 0 Å². The van der Waals surface area contributed by atoms with Gasteiger partial charge in [-0.3, -0.25) is 4.74 Å². The molecule has 0 saturated carbocycles. The second-order valence-corrected chi connectivity index (χ2v) is 1.79. The second-order valence-electron chi connectivity index (χ2n) is 1.79. The van der Waals surface area contributed by atoms with Crippen molar-refractivity contribution in [1.29, 1.82) is 0 Å². The van der Waals surface area contributed by atoms with Crippen LogP contribution in [-0.2, 0) is 9.47 Å². The number of ether oxygens (including phenoxy) is 2.